The number of hydrogen-bond acceptors (Lipinski definition) is 5. The van der Waals surface area contributed by atoms with Crippen LogP contribution in [0.1, 0.15) is 20.3 Å². The number of nitrogens with zero attached hydrogens (tertiary/aromatic N) is 2. The molecule has 90 valence electrons. The van der Waals surface area contributed by atoms with E-state index < -0.39 is 0 Å². The predicted molar refractivity (Wildman–Crippen MR) is 62.5 cm³/mol. The van der Waals surface area contributed by atoms with Gasteiger partial charge in [0.2, 0.25) is 5.88 Å². The molecule has 0 aromatic carbocycles. The number of hydrogen-bond donors (Lipinski definition) is 2. The van der Waals surface area contributed by atoms with Gasteiger partial charge in [-0.3, -0.25) is 0 Å². The highest BCUT2D eigenvalue weighted by Gasteiger charge is 2.13. The Morgan fingerprint density at radius 2 is 2.19 bits per heavy atom. The van der Waals surface area contributed by atoms with Crippen molar-refractivity contribution >= 4 is 5.82 Å². The summed E-state index contributed by atoms with van der Waals surface area (Å²) in [6.07, 6.45) is 2.15. The van der Waals surface area contributed by atoms with Crippen molar-refractivity contribution in [3.63, 3.8) is 0 Å². The molecule has 5 nitrogen and oxygen atoms in total. The summed E-state index contributed by atoms with van der Waals surface area (Å²) in [6.45, 7) is 4.37. The van der Waals surface area contributed by atoms with Crippen molar-refractivity contribution < 1.29 is 9.84 Å². The van der Waals surface area contributed by atoms with Crippen molar-refractivity contribution in [2.45, 2.75) is 26.3 Å². The number of methoxy groups -OCH3 is 1. The monoisotopic (exact) mass is 225 g/mol. The topological polar surface area (TPSA) is 67.3 Å². The largest absolute Gasteiger partial charge is 0.481 e. The molecule has 2 N–H and O–H groups in total. The van der Waals surface area contributed by atoms with Gasteiger partial charge < -0.3 is 15.2 Å². The lowest BCUT2D eigenvalue weighted by Gasteiger charge is -2.22. The fraction of sp³-hybridized carbons (Fsp3) is 0.636. The number of rotatable bonds is 6. The Hall–Kier alpha value is -1.36. The van der Waals surface area contributed by atoms with Crippen LogP contribution in [0.2, 0.25) is 0 Å². The minimum absolute atomic E-state index is 0.165. The van der Waals surface area contributed by atoms with Gasteiger partial charge >= 0.3 is 0 Å². The Balaban J connectivity index is 2.68. The molecule has 1 rings (SSSR count). The summed E-state index contributed by atoms with van der Waals surface area (Å²) >= 11 is 0. The number of aliphatic hydroxyl groups excluding tert-OH is 1. The standard InChI is InChI=1S/C11H19N3O2/c1-8(2)9(4-5-15)14-10-6-11(16-3)13-7-12-10/h6-9,15H,4-5H2,1-3H3,(H,12,13,14). The van der Waals surface area contributed by atoms with Crippen LogP contribution < -0.4 is 10.1 Å². The normalized spacial score (nSPS) is 12.6. The van der Waals surface area contributed by atoms with Crippen molar-refractivity contribution in [3.8, 4) is 5.88 Å². The highest BCUT2D eigenvalue weighted by molar-refractivity contribution is 5.38. The molecule has 1 heterocycles. The third-order valence-electron chi connectivity index (χ3n) is 2.43. The smallest absolute Gasteiger partial charge is 0.218 e. The summed E-state index contributed by atoms with van der Waals surface area (Å²) in [5, 5.41) is 12.2. The minimum Gasteiger partial charge on any atom is -0.481 e. The zero-order valence-electron chi connectivity index (χ0n) is 9.97. The molecule has 0 aliphatic carbocycles. The zero-order chi connectivity index (χ0) is 12.0. The van der Waals surface area contributed by atoms with Crippen LogP contribution >= 0.6 is 0 Å². The summed E-state index contributed by atoms with van der Waals surface area (Å²) in [5.41, 5.74) is 0. The average molecular weight is 225 g/mol. The van der Waals surface area contributed by atoms with E-state index in [0.29, 0.717) is 18.2 Å². The van der Waals surface area contributed by atoms with E-state index in [9.17, 15) is 0 Å². The molecule has 0 bridgehead atoms. The molecular formula is C11H19N3O2. The van der Waals surface area contributed by atoms with Crippen LogP contribution in [0.5, 0.6) is 5.88 Å². The van der Waals surface area contributed by atoms with E-state index in [-0.39, 0.29) is 12.6 Å². The van der Waals surface area contributed by atoms with Crippen LogP contribution in [-0.2, 0) is 0 Å². The minimum atomic E-state index is 0.165. The van der Waals surface area contributed by atoms with Crippen molar-refractivity contribution in [2.24, 2.45) is 5.92 Å². The quantitative estimate of drug-likeness (QED) is 0.764. The number of nitrogens with one attached hydrogen (secondary N) is 1. The van der Waals surface area contributed by atoms with Crippen LogP contribution in [0.4, 0.5) is 5.82 Å². The predicted octanol–water partition coefficient (Wildman–Crippen LogP) is 1.30. The first-order valence-electron chi connectivity index (χ1n) is 5.40. The Bertz CT molecular complexity index is 318. The van der Waals surface area contributed by atoms with Crippen LogP contribution in [0.3, 0.4) is 0 Å². The van der Waals surface area contributed by atoms with Gasteiger partial charge in [0.05, 0.1) is 7.11 Å². The number of aliphatic hydroxyl groups is 1. The Kier molecular flexibility index (Phi) is 4.98. The molecule has 0 fully saturated rings. The Labute approximate surface area is 95.9 Å². The third-order valence-corrected chi connectivity index (χ3v) is 2.43. The first kappa shape index (κ1) is 12.7. The van der Waals surface area contributed by atoms with Crippen molar-refractivity contribution in [1.82, 2.24) is 9.97 Å². The second kappa shape index (κ2) is 6.27. The molecule has 1 atom stereocenters. The summed E-state index contributed by atoms with van der Waals surface area (Å²) in [4.78, 5) is 8.04. The average Bonchev–Trinajstić information content (AvgIpc) is 2.28. The lowest BCUT2D eigenvalue weighted by atomic mass is 10.0. The third kappa shape index (κ3) is 3.66. The number of ether oxygens (including phenoxy) is 1. The van der Waals surface area contributed by atoms with Crippen LogP contribution in [0.15, 0.2) is 12.4 Å². The van der Waals surface area contributed by atoms with Crippen molar-refractivity contribution in [1.29, 1.82) is 0 Å². The van der Waals surface area contributed by atoms with E-state index in [4.69, 9.17) is 9.84 Å². The van der Waals surface area contributed by atoms with Crippen LogP contribution in [-0.4, -0.2) is 34.8 Å². The fourth-order valence-corrected chi connectivity index (χ4v) is 1.43. The van der Waals surface area contributed by atoms with E-state index in [1.807, 2.05) is 0 Å². The van der Waals surface area contributed by atoms with E-state index in [1.165, 1.54) is 6.33 Å². The second-order valence-electron chi connectivity index (χ2n) is 3.95. The molecule has 0 aliphatic heterocycles. The van der Waals surface area contributed by atoms with Gasteiger partial charge in [0.1, 0.15) is 12.1 Å². The van der Waals surface area contributed by atoms with Gasteiger partial charge in [0.15, 0.2) is 0 Å². The maximum absolute atomic E-state index is 8.97. The van der Waals surface area contributed by atoms with Crippen molar-refractivity contribution in [3.05, 3.63) is 12.4 Å². The first-order chi connectivity index (χ1) is 7.67. The SMILES string of the molecule is COc1cc(NC(CCO)C(C)C)ncn1. The van der Waals surface area contributed by atoms with Crippen LogP contribution in [0, 0.1) is 5.92 Å². The zero-order valence-corrected chi connectivity index (χ0v) is 9.97. The van der Waals surface area contributed by atoms with Crippen LogP contribution in [0.25, 0.3) is 0 Å². The van der Waals surface area contributed by atoms with Gasteiger partial charge in [0, 0.05) is 18.7 Å². The molecular weight excluding hydrogens is 206 g/mol. The molecule has 1 unspecified atom stereocenters. The molecule has 1 aromatic heterocycles. The van der Waals surface area contributed by atoms with E-state index in [0.717, 1.165) is 5.82 Å². The van der Waals surface area contributed by atoms with Gasteiger partial charge in [0.25, 0.3) is 0 Å². The van der Waals surface area contributed by atoms with Gasteiger partial charge in [-0.05, 0) is 12.3 Å². The maximum Gasteiger partial charge on any atom is 0.218 e. The number of anilines is 1. The van der Waals surface area contributed by atoms with Crippen molar-refractivity contribution in [2.75, 3.05) is 19.0 Å². The van der Waals surface area contributed by atoms with Gasteiger partial charge in [-0.25, -0.2) is 9.97 Å². The summed E-state index contributed by atoms with van der Waals surface area (Å²) in [5.74, 6) is 1.68. The fourth-order valence-electron chi connectivity index (χ4n) is 1.43. The lowest BCUT2D eigenvalue weighted by molar-refractivity contribution is 0.267. The molecule has 0 spiro atoms. The summed E-state index contributed by atoms with van der Waals surface area (Å²) in [6, 6.07) is 1.94. The molecule has 0 amide bonds. The molecule has 5 heteroatoms. The van der Waals surface area contributed by atoms with E-state index in [2.05, 4.69) is 29.1 Å². The first-order valence-corrected chi connectivity index (χ1v) is 5.40. The van der Waals surface area contributed by atoms with Gasteiger partial charge in [-0.1, -0.05) is 13.8 Å². The molecule has 1 aromatic rings. The van der Waals surface area contributed by atoms with E-state index in [1.54, 1.807) is 13.2 Å². The molecule has 0 aliphatic rings. The highest BCUT2D eigenvalue weighted by atomic mass is 16.5. The van der Waals surface area contributed by atoms with E-state index >= 15 is 0 Å². The Morgan fingerprint density at radius 3 is 2.75 bits per heavy atom. The lowest BCUT2D eigenvalue weighted by Crippen LogP contribution is -2.27. The summed E-state index contributed by atoms with van der Waals surface area (Å²) in [7, 11) is 1.57. The summed E-state index contributed by atoms with van der Waals surface area (Å²) < 4.78 is 5.02. The molecule has 16 heavy (non-hydrogen) atoms. The highest BCUT2D eigenvalue weighted by Crippen LogP contribution is 2.15. The Morgan fingerprint density at radius 1 is 1.44 bits per heavy atom. The molecule has 0 saturated heterocycles. The molecule has 0 radical (unpaired) electrons. The molecule has 0 saturated carbocycles. The second-order valence-corrected chi connectivity index (χ2v) is 3.95. The van der Waals surface area contributed by atoms with Gasteiger partial charge in [-0.15, -0.1) is 0 Å². The van der Waals surface area contributed by atoms with Gasteiger partial charge in [-0.2, -0.15) is 0 Å². The number of aromatic nitrogens is 2. The maximum atomic E-state index is 8.97.